The van der Waals surface area contributed by atoms with E-state index in [2.05, 4.69) is 20.5 Å². The maximum absolute atomic E-state index is 12.2. The molecule has 7 heteroatoms. The number of carbonyl (C=O) groups excluding carboxylic acids is 1. The van der Waals surface area contributed by atoms with E-state index in [9.17, 15) is 4.79 Å². The molecular formula is C25H29N5O2. The lowest BCUT2D eigenvalue weighted by Gasteiger charge is -2.28. The number of nitrogens with one attached hydrogen (secondary N) is 2. The first-order chi connectivity index (χ1) is 15.5. The lowest BCUT2D eigenvalue weighted by molar-refractivity contribution is -0.118. The van der Waals surface area contributed by atoms with Gasteiger partial charge in [-0.2, -0.15) is 4.98 Å². The molecule has 2 aromatic carbocycles. The molecule has 3 aromatic rings. The summed E-state index contributed by atoms with van der Waals surface area (Å²) in [7, 11) is 0. The Hall–Kier alpha value is -3.61. The van der Waals surface area contributed by atoms with Gasteiger partial charge in [-0.05, 0) is 75.1 Å². The first kappa shape index (κ1) is 21.6. The lowest BCUT2D eigenvalue weighted by atomic mass is 10.1. The van der Waals surface area contributed by atoms with E-state index >= 15 is 0 Å². The third-order valence-corrected chi connectivity index (χ3v) is 5.31. The van der Waals surface area contributed by atoms with Gasteiger partial charge in [0.15, 0.2) is 6.61 Å². The molecule has 1 aromatic heterocycles. The molecule has 1 aliphatic rings. The maximum Gasteiger partial charge on any atom is 0.262 e. The number of aryl methyl sites for hydroxylation is 2. The molecule has 0 saturated carbocycles. The normalized spacial score (nSPS) is 13.5. The summed E-state index contributed by atoms with van der Waals surface area (Å²) in [5, 5.41) is 6.12. The molecule has 0 unspecified atom stereocenters. The van der Waals surface area contributed by atoms with Crippen molar-refractivity contribution >= 4 is 29.0 Å². The van der Waals surface area contributed by atoms with Crippen LogP contribution < -0.4 is 20.3 Å². The summed E-state index contributed by atoms with van der Waals surface area (Å²) < 4.78 is 5.55. The quantitative estimate of drug-likeness (QED) is 0.557. The Morgan fingerprint density at radius 3 is 2.47 bits per heavy atom. The van der Waals surface area contributed by atoms with Crippen molar-refractivity contribution in [3.8, 4) is 5.75 Å². The highest BCUT2D eigenvalue weighted by Crippen LogP contribution is 2.22. The van der Waals surface area contributed by atoms with Crippen LogP contribution in [0.3, 0.4) is 0 Å². The van der Waals surface area contributed by atoms with Gasteiger partial charge in [0.25, 0.3) is 5.91 Å². The average molecular weight is 432 g/mol. The van der Waals surface area contributed by atoms with Gasteiger partial charge in [-0.15, -0.1) is 0 Å². The second-order valence-electron chi connectivity index (χ2n) is 8.09. The Morgan fingerprint density at radius 1 is 0.969 bits per heavy atom. The fourth-order valence-corrected chi connectivity index (χ4v) is 3.71. The Balaban J connectivity index is 1.33. The number of rotatable bonds is 7. The molecule has 2 heterocycles. The summed E-state index contributed by atoms with van der Waals surface area (Å²) >= 11 is 0. The number of benzene rings is 2. The van der Waals surface area contributed by atoms with Crippen molar-refractivity contribution in [2.75, 3.05) is 35.2 Å². The molecule has 2 N–H and O–H groups in total. The Bertz CT molecular complexity index is 1060. The summed E-state index contributed by atoms with van der Waals surface area (Å²) in [6.07, 6.45) is 3.69. The van der Waals surface area contributed by atoms with Crippen LogP contribution in [0.15, 0.2) is 54.6 Å². The molecule has 32 heavy (non-hydrogen) atoms. The number of ether oxygens (including phenoxy) is 1. The van der Waals surface area contributed by atoms with Crippen LogP contribution in [0, 0.1) is 13.8 Å². The molecule has 1 aliphatic heterocycles. The molecule has 0 atom stereocenters. The maximum atomic E-state index is 12.2. The summed E-state index contributed by atoms with van der Waals surface area (Å²) in [4.78, 5) is 23.7. The number of hydrogen-bond donors (Lipinski definition) is 2. The molecule has 0 radical (unpaired) electrons. The van der Waals surface area contributed by atoms with Crippen LogP contribution in [0.2, 0.25) is 0 Å². The molecule has 0 spiro atoms. The van der Waals surface area contributed by atoms with Crippen molar-refractivity contribution in [1.29, 1.82) is 0 Å². The average Bonchev–Trinajstić information content (AvgIpc) is 2.79. The van der Waals surface area contributed by atoms with Crippen LogP contribution in [-0.2, 0) is 4.79 Å². The molecule has 0 bridgehead atoms. The number of amides is 1. The van der Waals surface area contributed by atoms with E-state index in [1.807, 2.05) is 68.4 Å². The van der Waals surface area contributed by atoms with Gasteiger partial charge in [0.05, 0.1) is 0 Å². The monoisotopic (exact) mass is 431 g/mol. The highest BCUT2D eigenvalue weighted by molar-refractivity contribution is 5.92. The van der Waals surface area contributed by atoms with Crippen molar-refractivity contribution in [2.45, 2.75) is 33.1 Å². The van der Waals surface area contributed by atoms with Gasteiger partial charge in [-0.1, -0.05) is 12.1 Å². The van der Waals surface area contributed by atoms with E-state index in [-0.39, 0.29) is 12.5 Å². The summed E-state index contributed by atoms with van der Waals surface area (Å²) in [5.41, 5.74) is 3.58. The highest BCUT2D eigenvalue weighted by Gasteiger charge is 2.14. The van der Waals surface area contributed by atoms with Gasteiger partial charge in [-0.25, -0.2) is 4.98 Å². The SMILES string of the molecule is Cc1cccc(OCC(=O)Nc2ccc(Nc3nc(C)cc(N4CCCCC4)n3)cc2)c1. The van der Waals surface area contributed by atoms with Crippen LogP contribution in [0.25, 0.3) is 0 Å². The Labute approximate surface area is 188 Å². The summed E-state index contributed by atoms with van der Waals surface area (Å²) in [6, 6.07) is 17.1. The van der Waals surface area contributed by atoms with Crippen molar-refractivity contribution in [3.63, 3.8) is 0 Å². The standard InChI is InChI=1S/C25H29N5O2/c1-18-7-6-8-22(15-18)32-17-24(31)27-20-9-11-21(12-10-20)28-25-26-19(2)16-23(29-25)30-13-4-3-5-14-30/h6-12,15-16H,3-5,13-14,17H2,1-2H3,(H,27,31)(H,26,28,29). The van der Waals surface area contributed by atoms with Crippen molar-refractivity contribution < 1.29 is 9.53 Å². The van der Waals surface area contributed by atoms with Crippen LogP contribution in [0.5, 0.6) is 5.75 Å². The van der Waals surface area contributed by atoms with Gasteiger partial charge in [-0.3, -0.25) is 4.79 Å². The van der Waals surface area contributed by atoms with Gasteiger partial charge in [0.1, 0.15) is 11.6 Å². The third-order valence-electron chi connectivity index (χ3n) is 5.31. The second kappa shape index (κ2) is 10.1. The van der Waals surface area contributed by atoms with E-state index < -0.39 is 0 Å². The first-order valence-electron chi connectivity index (χ1n) is 11.0. The van der Waals surface area contributed by atoms with Crippen molar-refractivity contribution in [1.82, 2.24) is 9.97 Å². The van der Waals surface area contributed by atoms with Gasteiger partial charge < -0.3 is 20.3 Å². The number of carbonyl (C=O) groups is 1. The van der Waals surface area contributed by atoms with Crippen LogP contribution in [0.4, 0.5) is 23.1 Å². The molecule has 1 amide bonds. The molecule has 1 fully saturated rings. The zero-order valence-electron chi connectivity index (χ0n) is 18.6. The first-order valence-corrected chi connectivity index (χ1v) is 11.0. The number of anilines is 4. The van der Waals surface area contributed by atoms with E-state index in [1.165, 1.54) is 19.3 Å². The van der Waals surface area contributed by atoms with Gasteiger partial charge >= 0.3 is 0 Å². The smallest absolute Gasteiger partial charge is 0.262 e. The zero-order chi connectivity index (χ0) is 22.3. The fraction of sp³-hybridized carbons (Fsp3) is 0.320. The van der Waals surface area contributed by atoms with Crippen molar-refractivity contribution in [3.05, 3.63) is 65.9 Å². The third kappa shape index (κ3) is 5.97. The summed E-state index contributed by atoms with van der Waals surface area (Å²) in [6.45, 7) is 6.01. The van der Waals surface area contributed by atoms with Crippen molar-refractivity contribution in [2.24, 2.45) is 0 Å². The van der Waals surface area contributed by atoms with E-state index in [4.69, 9.17) is 9.72 Å². The van der Waals surface area contributed by atoms with Crippen LogP contribution >= 0.6 is 0 Å². The predicted octanol–water partition coefficient (Wildman–Crippen LogP) is 4.84. The topological polar surface area (TPSA) is 79.4 Å². The minimum Gasteiger partial charge on any atom is -0.484 e. The second-order valence-corrected chi connectivity index (χ2v) is 8.09. The lowest BCUT2D eigenvalue weighted by Crippen LogP contribution is -2.30. The van der Waals surface area contributed by atoms with Gasteiger partial charge in [0, 0.05) is 36.2 Å². The summed E-state index contributed by atoms with van der Waals surface area (Å²) in [5.74, 6) is 2.02. The van der Waals surface area contributed by atoms with E-state index in [0.717, 1.165) is 35.9 Å². The van der Waals surface area contributed by atoms with E-state index in [0.29, 0.717) is 17.4 Å². The minimum absolute atomic E-state index is 0.0418. The number of nitrogens with zero attached hydrogens (tertiary/aromatic N) is 3. The molecule has 166 valence electrons. The van der Waals surface area contributed by atoms with Crippen LogP contribution in [0.1, 0.15) is 30.5 Å². The molecule has 1 saturated heterocycles. The minimum atomic E-state index is -0.208. The molecule has 7 nitrogen and oxygen atoms in total. The van der Waals surface area contributed by atoms with Gasteiger partial charge in [0.2, 0.25) is 5.95 Å². The highest BCUT2D eigenvalue weighted by atomic mass is 16.5. The zero-order valence-corrected chi connectivity index (χ0v) is 18.6. The predicted molar refractivity (Wildman–Crippen MR) is 128 cm³/mol. The molecule has 0 aliphatic carbocycles. The fourth-order valence-electron chi connectivity index (χ4n) is 3.71. The van der Waals surface area contributed by atoms with E-state index in [1.54, 1.807) is 0 Å². The molecule has 4 rings (SSSR count). The van der Waals surface area contributed by atoms with Crippen LogP contribution in [-0.4, -0.2) is 35.6 Å². The largest absolute Gasteiger partial charge is 0.484 e. The Kier molecular flexibility index (Phi) is 6.84. The number of aromatic nitrogens is 2. The Morgan fingerprint density at radius 2 is 1.72 bits per heavy atom. The molecular weight excluding hydrogens is 402 g/mol. The number of hydrogen-bond acceptors (Lipinski definition) is 6. The number of piperidine rings is 1.